The van der Waals surface area contributed by atoms with Crippen LogP contribution in [0, 0.1) is 0 Å². The number of allylic oxidation sites excluding steroid dienone is 2. The van der Waals surface area contributed by atoms with Crippen molar-refractivity contribution in [3.05, 3.63) is 36.8 Å². The van der Waals surface area contributed by atoms with Crippen LogP contribution in [0.15, 0.2) is 41.8 Å². The van der Waals surface area contributed by atoms with Crippen molar-refractivity contribution in [3.63, 3.8) is 0 Å². The van der Waals surface area contributed by atoms with E-state index >= 15 is 0 Å². The van der Waals surface area contributed by atoms with Crippen molar-refractivity contribution in [2.45, 2.75) is 0 Å². The summed E-state index contributed by atoms with van der Waals surface area (Å²) in [6.45, 7) is 0. The fourth-order valence-electron chi connectivity index (χ4n) is 0.991. The minimum absolute atomic E-state index is 0.281. The van der Waals surface area contributed by atoms with Gasteiger partial charge in [-0.25, -0.2) is 5.21 Å². The van der Waals surface area contributed by atoms with Crippen LogP contribution in [0.25, 0.3) is 0 Å². The van der Waals surface area contributed by atoms with Crippen LogP contribution in [0.3, 0.4) is 0 Å². The fraction of sp³-hybridized carbons (Fsp3) is 0. The molecule has 2 aliphatic heterocycles. The largest absolute Gasteiger partial charge is 0.270 e. The highest BCUT2D eigenvalue weighted by Gasteiger charge is 2.31. The van der Waals surface area contributed by atoms with Gasteiger partial charge in [0.25, 0.3) is 5.84 Å². The molecule has 0 fully saturated rings. The molecule has 3 heteroatoms. The maximum absolute atomic E-state index is 9.59. The van der Waals surface area contributed by atoms with E-state index in [0.29, 0.717) is 5.84 Å². The zero-order valence-electron chi connectivity index (χ0n) is 5.31. The third-order valence-electron chi connectivity index (χ3n) is 1.54. The van der Waals surface area contributed by atoms with Gasteiger partial charge in [0.2, 0.25) is 0 Å². The monoisotopic (exact) mass is 135 g/mol. The number of fused-ring (bicyclic) bond motifs is 1. The molecule has 1 N–H and O–H groups in total. The van der Waals surface area contributed by atoms with Crippen molar-refractivity contribution < 1.29 is 9.85 Å². The molecule has 1 unspecified atom stereocenters. The van der Waals surface area contributed by atoms with Gasteiger partial charge in [-0.1, -0.05) is 4.65 Å². The van der Waals surface area contributed by atoms with E-state index in [4.69, 9.17) is 0 Å². The van der Waals surface area contributed by atoms with Crippen molar-refractivity contribution in [1.82, 2.24) is 0 Å². The van der Waals surface area contributed by atoms with Crippen molar-refractivity contribution in [1.29, 1.82) is 0 Å². The molecule has 2 heterocycles. The Bertz CT molecular complexity index is 275. The van der Waals surface area contributed by atoms with Gasteiger partial charge in [0.1, 0.15) is 6.20 Å². The van der Waals surface area contributed by atoms with Gasteiger partial charge in [0.15, 0.2) is 6.20 Å². The molecule has 50 valence electrons. The first kappa shape index (κ1) is 5.58. The van der Waals surface area contributed by atoms with E-state index in [1.165, 1.54) is 0 Å². The van der Waals surface area contributed by atoms with Crippen molar-refractivity contribution >= 4 is 5.84 Å². The second-order valence-corrected chi connectivity index (χ2v) is 2.22. The lowest BCUT2D eigenvalue weighted by Gasteiger charge is -2.17. The Morgan fingerprint density at radius 2 is 2.20 bits per heavy atom. The van der Waals surface area contributed by atoms with Crippen molar-refractivity contribution in [2.24, 2.45) is 4.99 Å². The maximum Gasteiger partial charge on any atom is 0.270 e. The summed E-state index contributed by atoms with van der Waals surface area (Å²) in [7, 11) is 0. The number of hydrogen-bond donors (Lipinski definition) is 1. The van der Waals surface area contributed by atoms with Gasteiger partial charge in [-0.05, 0) is 12.2 Å². The van der Waals surface area contributed by atoms with Crippen molar-refractivity contribution in [3.8, 4) is 0 Å². The van der Waals surface area contributed by atoms with Gasteiger partial charge >= 0.3 is 0 Å². The van der Waals surface area contributed by atoms with Gasteiger partial charge in [-0.15, -0.1) is 0 Å². The molecular weight excluding hydrogens is 128 g/mol. The fourth-order valence-corrected chi connectivity index (χ4v) is 0.991. The van der Waals surface area contributed by atoms with E-state index in [1.54, 1.807) is 30.8 Å². The molecular formula is C7H7N2O+. The molecule has 0 aliphatic carbocycles. The minimum Gasteiger partial charge on any atom is -0.200 e. The zero-order valence-corrected chi connectivity index (χ0v) is 5.31. The van der Waals surface area contributed by atoms with Gasteiger partial charge in [0, 0.05) is 6.08 Å². The summed E-state index contributed by atoms with van der Waals surface area (Å²) in [5.41, 5.74) is 0. The Morgan fingerprint density at radius 3 is 3.00 bits per heavy atom. The van der Waals surface area contributed by atoms with Crippen LogP contribution in [-0.2, 0) is 0 Å². The summed E-state index contributed by atoms with van der Waals surface area (Å²) in [6, 6.07) is 0. The molecule has 0 saturated carbocycles. The van der Waals surface area contributed by atoms with Crippen LogP contribution in [0.4, 0.5) is 0 Å². The van der Waals surface area contributed by atoms with E-state index in [1.807, 2.05) is 6.08 Å². The number of aliphatic imine (C=N–C) groups is 1. The quantitative estimate of drug-likeness (QED) is 0.497. The first-order valence-electron chi connectivity index (χ1n) is 3.04. The van der Waals surface area contributed by atoms with Crippen molar-refractivity contribution in [2.75, 3.05) is 0 Å². The summed E-state index contributed by atoms with van der Waals surface area (Å²) in [4.78, 5) is 3.95. The molecule has 0 spiro atoms. The Morgan fingerprint density at radius 1 is 1.30 bits per heavy atom. The third-order valence-corrected chi connectivity index (χ3v) is 1.54. The zero-order chi connectivity index (χ0) is 7.03. The first-order valence-corrected chi connectivity index (χ1v) is 3.04. The smallest absolute Gasteiger partial charge is 0.200 e. The lowest BCUT2D eigenvalue weighted by molar-refractivity contribution is -0.943. The molecule has 10 heavy (non-hydrogen) atoms. The highest BCUT2D eigenvalue weighted by molar-refractivity contribution is 5.90. The second-order valence-electron chi connectivity index (χ2n) is 2.22. The number of amidine groups is 1. The van der Waals surface area contributed by atoms with Gasteiger partial charge < -0.3 is 0 Å². The SMILES string of the molecule is O[N+]12C=CC=CC1=NC=C2. The Kier molecular flexibility index (Phi) is 0.922. The lowest BCUT2D eigenvalue weighted by Crippen LogP contribution is -2.37. The molecule has 2 aliphatic rings. The average Bonchev–Trinajstić information content (AvgIpc) is 2.29. The predicted molar refractivity (Wildman–Crippen MR) is 36.9 cm³/mol. The number of rotatable bonds is 0. The molecule has 0 radical (unpaired) electrons. The number of hydrogen-bond acceptors (Lipinski definition) is 2. The molecule has 2 rings (SSSR count). The Hall–Kier alpha value is -1.19. The van der Waals surface area contributed by atoms with Crippen LogP contribution in [0.2, 0.25) is 0 Å². The van der Waals surface area contributed by atoms with Gasteiger partial charge in [-0.3, -0.25) is 0 Å². The predicted octanol–water partition coefficient (Wildman–Crippen LogP) is 1.16. The summed E-state index contributed by atoms with van der Waals surface area (Å²) < 4.78 is -0.281. The van der Waals surface area contributed by atoms with Crippen LogP contribution >= 0.6 is 0 Å². The summed E-state index contributed by atoms with van der Waals surface area (Å²) >= 11 is 0. The van der Waals surface area contributed by atoms with E-state index in [2.05, 4.69) is 4.99 Å². The molecule has 0 aromatic carbocycles. The van der Waals surface area contributed by atoms with E-state index in [-0.39, 0.29) is 4.65 Å². The molecule has 0 saturated heterocycles. The number of quaternary nitrogens is 1. The minimum atomic E-state index is -0.281. The second kappa shape index (κ2) is 1.65. The topological polar surface area (TPSA) is 32.6 Å². The van der Waals surface area contributed by atoms with Gasteiger partial charge in [-0.2, -0.15) is 4.99 Å². The van der Waals surface area contributed by atoms with Crippen LogP contribution < -0.4 is 0 Å². The Balaban J connectivity index is 2.51. The normalized spacial score (nSPS) is 34.3. The van der Waals surface area contributed by atoms with E-state index in [0.717, 1.165) is 0 Å². The summed E-state index contributed by atoms with van der Waals surface area (Å²) in [5.74, 6) is 0.641. The number of hydroxylamine groups is 3. The number of nitrogens with zero attached hydrogens (tertiary/aromatic N) is 2. The lowest BCUT2D eigenvalue weighted by atomic mass is 10.3. The molecule has 0 aromatic rings. The standard InChI is InChI=1S/C7H7N2O/c10-9-5-2-1-3-7(9)8-4-6-9/h1-6,10H/q+1. The van der Waals surface area contributed by atoms with Crippen LogP contribution in [-0.4, -0.2) is 15.7 Å². The molecule has 3 nitrogen and oxygen atoms in total. The summed E-state index contributed by atoms with van der Waals surface area (Å²) in [6.07, 6.45) is 10.3. The molecule has 1 atom stereocenters. The summed E-state index contributed by atoms with van der Waals surface area (Å²) in [5, 5.41) is 9.59. The maximum atomic E-state index is 9.59. The van der Waals surface area contributed by atoms with Crippen LogP contribution in [0.5, 0.6) is 0 Å². The highest BCUT2D eigenvalue weighted by Crippen LogP contribution is 2.17. The molecule has 0 amide bonds. The highest BCUT2D eigenvalue weighted by atomic mass is 16.5. The molecule has 0 bridgehead atoms. The third kappa shape index (κ3) is 0.586. The average molecular weight is 135 g/mol. The first-order chi connectivity index (χ1) is 4.81. The van der Waals surface area contributed by atoms with Crippen LogP contribution in [0.1, 0.15) is 0 Å². The van der Waals surface area contributed by atoms with Gasteiger partial charge in [0.05, 0.1) is 6.20 Å². The molecule has 0 aromatic heterocycles. The van der Waals surface area contributed by atoms with E-state index < -0.39 is 0 Å². The van der Waals surface area contributed by atoms with E-state index in [9.17, 15) is 5.21 Å². The Labute approximate surface area is 58.5 Å².